The molecule has 3 nitrogen and oxygen atoms in total. The van der Waals surface area contributed by atoms with Crippen molar-refractivity contribution in [3.05, 3.63) is 29.8 Å². The number of carbonyl (C=O) groups excluding carboxylic acids is 1. The summed E-state index contributed by atoms with van der Waals surface area (Å²) in [6.07, 6.45) is 2.77. The highest BCUT2D eigenvalue weighted by atomic mass is 16.2. The average Bonchev–Trinajstić information content (AvgIpc) is 2.80. The third kappa shape index (κ3) is 2.66. The zero-order valence-corrected chi connectivity index (χ0v) is 11.9. The predicted octanol–water partition coefficient (Wildman–Crippen LogP) is 2.90. The van der Waals surface area contributed by atoms with E-state index >= 15 is 0 Å². The van der Waals surface area contributed by atoms with Gasteiger partial charge in [-0.3, -0.25) is 4.79 Å². The van der Waals surface area contributed by atoms with Gasteiger partial charge in [0.2, 0.25) is 5.91 Å². The first-order valence-corrected chi connectivity index (χ1v) is 7.33. The Bertz CT molecular complexity index is 440. The maximum Gasteiger partial charge on any atom is 0.230 e. The SMILES string of the molecule is CCC(CC)C(=O)N1CC(CCN)c2ccccc21. The molecule has 104 valence electrons. The number of nitrogens with two attached hydrogens (primary N) is 1. The molecule has 19 heavy (non-hydrogen) atoms. The van der Waals surface area contributed by atoms with Crippen molar-refractivity contribution in [2.75, 3.05) is 18.0 Å². The highest BCUT2D eigenvalue weighted by molar-refractivity contribution is 5.97. The van der Waals surface area contributed by atoms with Gasteiger partial charge < -0.3 is 10.6 Å². The second-order valence-corrected chi connectivity index (χ2v) is 5.30. The summed E-state index contributed by atoms with van der Waals surface area (Å²) in [5.74, 6) is 0.821. The normalized spacial score (nSPS) is 17.9. The van der Waals surface area contributed by atoms with E-state index in [2.05, 4.69) is 26.0 Å². The smallest absolute Gasteiger partial charge is 0.230 e. The maximum atomic E-state index is 12.6. The van der Waals surface area contributed by atoms with E-state index < -0.39 is 0 Å². The van der Waals surface area contributed by atoms with Gasteiger partial charge in [0.05, 0.1) is 0 Å². The third-order valence-corrected chi connectivity index (χ3v) is 4.19. The van der Waals surface area contributed by atoms with Crippen LogP contribution in [0.4, 0.5) is 5.69 Å². The lowest BCUT2D eigenvalue weighted by Gasteiger charge is -2.23. The molecule has 0 bridgehead atoms. The van der Waals surface area contributed by atoms with Gasteiger partial charge in [0.15, 0.2) is 0 Å². The fourth-order valence-corrected chi connectivity index (χ4v) is 3.01. The summed E-state index contributed by atoms with van der Waals surface area (Å²) >= 11 is 0. The number of hydrogen-bond donors (Lipinski definition) is 1. The van der Waals surface area contributed by atoms with Gasteiger partial charge in [-0.25, -0.2) is 0 Å². The van der Waals surface area contributed by atoms with Crippen LogP contribution in [0, 0.1) is 5.92 Å². The Morgan fingerprint density at radius 3 is 2.68 bits per heavy atom. The van der Waals surface area contributed by atoms with Crippen molar-refractivity contribution in [2.24, 2.45) is 11.7 Å². The fraction of sp³-hybridized carbons (Fsp3) is 0.562. The third-order valence-electron chi connectivity index (χ3n) is 4.19. The van der Waals surface area contributed by atoms with Crippen LogP contribution in [0.2, 0.25) is 0 Å². The minimum atomic E-state index is 0.143. The number of amides is 1. The Labute approximate surface area is 115 Å². The molecule has 3 heteroatoms. The van der Waals surface area contributed by atoms with Crippen LogP contribution in [-0.4, -0.2) is 19.0 Å². The minimum Gasteiger partial charge on any atom is -0.330 e. The summed E-state index contributed by atoms with van der Waals surface area (Å²) in [4.78, 5) is 14.6. The molecule has 0 saturated carbocycles. The van der Waals surface area contributed by atoms with Crippen LogP contribution in [0.1, 0.15) is 44.6 Å². The number of anilines is 1. The van der Waals surface area contributed by atoms with Crippen LogP contribution in [0.25, 0.3) is 0 Å². The molecule has 1 amide bonds. The highest BCUT2D eigenvalue weighted by Gasteiger charge is 2.33. The molecule has 0 fully saturated rings. The van der Waals surface area contributed by atoms with Crippen molar-refractivity contribution in [1.29, 1.82) is 0 Å². The summed E-state index contributed by atoms with van der Waals surface area (Å²) in [7, 11) is 0. The number of rotatable bonds is 5. The topological polar surface area (TPSA) is 46.3 Å². The van der Waals surface area contributed by atoms with E-state index in [1.54, 1.807) is 0 Å². The van der Waals surface area contributed by atoms with Crippen molar-refractivity contribution < 1.29 is 4.79 Å². The molecule has 1 aliphatic heterocycles. The maximum absolute atomic E-state index is 12.6. The number of hydrogen-bond acceptors (Lipinski definition) is 2. The van der Waals surface area contributed by atoms with Crippen molar-refractivity contribution in [2.45, 2.75) is 39.0 Å². The number of nitrogens with zero attached hydrogens (tertiary/aromatic N) is 1. The van der Waals surface area contributed by atoms with E-state index in [1.807, 2.05) is 17.0 Å². The van der Waals surface area contributed by atoms with Crippen LogP contribution in [0.5, 0.6) is 0 Å². The average molecular weight is 260 g/mol. The van der Waals surface area contributed by atoms with Gasteiger partial charge in [0, 0.05) is 24.1 Å². The zero-order valence-electron chi connectivity index (χ0n) is 11.9. The molecule has 1 unspecified atom stereocenters. The summed E-state index contributed by atoms with van der Waals surface area (Å²) < 4.78 is 0. The monoisotopic (exact) mass is 260 g/mol. The second-order valence-electron chi connectivity index (χ2n) is 5.30. The van der Waals surface area contributed by atoms with Crippen molar-refractivity contribution in [3.8, 4) is 0 Å². The number of para-hydroxylation sites is 1. The Balaban J connectivity index is 2.27. The fourth-order valence-electron chi connectivity index (χ4n) is 3.01. The Morgan fingerprint density at radius 1 is 1.37 bits per heavy atom. The lowest BCUT2D eigenvalue weighted by Crippen LogP contribution is -2.35. The van der Waals surface area contributed by atoms with E-state index in [-0.39, 0.29) is 11.8 Å². The second kappa shape index (κ2) is 6.20. The van der Waals surface area contributed by atoms with Crippen LogP contribution in [-0.2, 0) is 4.79 Å². The predicted molar refractivity (Wildman–Crippen MR) is 79.3 cm³/mol. The van der Waals surface area contributed by atoms with Crippen molar-refractivity contribution in [3.63, 3.8) is 0 Å². The molecule has 1 heterocycles. The first-order valence-electron chi connectivity index (χ1n) is 7.33. The van der Waals surface area contributed by atoms with Gasteiger partial charge in [-0.2, -0.15) is 0 Å². The molecule has 1 atom stereocenters. The molecule has 1 aliphatic rings. The van der Waals surface area contributed by atoms with Gasteiger partial charge in [-0.05, 0) is 37.4 Å². The van der Waals surface area contributed by atoms with E-state index in [0.717, 1.165) is 31.5 Å². The molecule has 0 saturated heterocycles. The van der Waals surface area contributed by atoms with E-state index in [9.17, 15) is 4.79 Å². The van der Waals surface area contributed by atoms with E-state index in [1.165, 1.54) is 5.56 Å². The molecular weight excluding hydrogens is 236 g/mol. The molecule has 2 N–H and O–H groups in total. The standard InChI is InChI=1S/C16H24N2O/c1-3-12(4-2)16(19)18-11-13(9-10-17)14-7-5-6-8-15(14)18/h5-8,12-13H,3-4,9-11,17H2,1-2H3. The molecule has 0 spiro atoms. The lowest BCUT2D eigenvalue weighted by atomic mass is 9.98. The summed E-state index contributed by atoms with van der Waals surface area (Å²) in [5.41, 5.74) is 8.08. The molecule has 1 aromatic rings. The number of benzene rings is 1. The number of fused-ring (bicyclic) bond motifs is 1. The van der Waals surface area contributed by atoms with Crippen LogP contribution < -0.4 is 10.6 Å². The Kier molecular flexibility index (Phi) is 4.59. The molecule has 0 aromatic heterocycles. The summed E-state index contributed by atoms with van der Waals surface area (Å²) in [6, 6.07) is 8.26. The van der Waals surface area contributed by atoms with Gasteiger partial charge in [-0.15, -0.1) is 0 Å². The van der Waals surface area contributed by atoms with Crippen molar-refractivity contribution in [1.82, 2.24) is 0 Å². The molecular formula is C16H24N2O. The van der Waals surface area contributed by atoms with Gasteiger partial charge in [0.25, 0.3) is 0 Å². The summed E-state index contributed by atoms with van der Waals surface area (Å²) in [5, 5.41) is 0. The van der Waals surface area contributed by atoms with Crippen LogP contribution in [0.15, 0.2) is 24.3 Å². The van der Waals surface area contributed by atoms with Gasteiger partial charge in [-0.1, -0.05) is 32.0 Å². The first-order chi connectivity index (χ1) is 9.22. The van der Waals surface area contributed by atoms with Crippen LogP contribution >= 0.6 is 0 Å². The Hall–Kier alpha value is -1.35. The number of carbonyl (C=O) groups is 1. The minimum absolute atomic E-state index is 0.143. The van der Waals surface area contributed by atoms with Gasteiger partial charge in [0.1, 0.15) is 0 Å². The quantitative estimate of drug-likeness (QED) is 0.884. The molecule has 0 radical (unpaired) electrons. The summed E-state index contributed by atoms with van der Waals surface area (Å²) in [6.45, 7) is 5.65. The highest BCUT2D eigenvalue weighted by Crippen LogP contribution is 2.38. The van der Waals surface area contributed by atoms with Crippen LogP contribution in [0.3, 0.4) is 0 Å². The lowest BCUT2D eigenvalue weighted by molar-refractivity contribution is -0.122. The first kappa shape index (κ1) is 14.1. The van der Waals surface area contributed by atoms with Gasteiger partial charge >= 0.3 is 0 Å². The zero-order chi connectivity index (χ0) is 13.8. The molecule has 2 rings (SSSR count). The largest absolute Gasteiger partial charge is 0.330 e. The Morgan fingerprint density at radius 2 is 2.05 bits per heavy atom. The van der Waals surface area contributed by atoms with E-state index in [0.29, 0.717) is 12.5 Å². The molecule has 0 aliphatic carbocycles. The van der Waals surface area contributed by atoms with E-state index in [4.69, 9.17) is 5.73 Å². The van der Waals surface area contributed by atoms with Crippen molar-refractivity contribution >= 4 is 11.6 Å². The molecule has 1 aromatic carbocycles.